The number of nitrogens with zero attached hydrogens (tertiary/aromatic N) is 7. The molecule has 0 spiro atoms. The molecule has 6 heterocycles. The van der Waals surface area contributed by atoms with E-state index in [1.165, 1.54) is 11.1 Å². The summed E-state index contributed by atoms with van der Waals surface area (Å²) in [6, 6.07) is 3.54. The van der Waals surface area contributed by atoms with Crippen LogP contribution in [0, 0.1) is 0 Å². The number of hydrogen-bond donors (Lipinski definition) is 3. The number of allylic oxidation sites excluding steroid dienone is 2. The van der Waals surface area contributed by atoms with E-state index in [-0.39, 0.29) is 29.4 Å². The van der Waals surface area contributed by atoms with E-state index < -0.39 is 12.4 Å². The number of nitrogens with two attached hydrogens (primary N) is 1. The first-order chi connectivity index (χ1) is 24.6. The van der Waals surface area contributed by atoms with Crippen LogP contribution < -0.4 is 15.8 Å². The third kappa shape index (κ3) is 6.33. The van der Waals surface area contributed by atoms with Crippen molar-refractivity contribution in [2.45, 2.75) is 70.5 Å². The number of likely N-dealkylation sites (tertiary alicyclic amines) is 1. The van der Waals surface area contributed by atoms with Crippen molar-refractivity contribution < 1.29 is 38.3 Å². The van der Waals surface area contributed by atoms with Gasteiger partial charge in [-0.2, -0.15) is 5.10 Å². The monoisotopic (exact) mass is 703 g/mol. The van der Waals surface area contributed by atoms with Crippen LogP contribution in [0.2, 0.25) is 0 Å². The van der Waals surface area contributed by atoms with E-state index in [2.05, 4.69) is 25.0 Å². The molecule has 5 aliphatic heterocycles. The maximum Gasteiger partial charge on any atom is 0.392 e. The minimum atomic E-state index is -2.66. The number of hydrazone groups is 1. The number of anilines is 1. The van der Waals surface area contributed by atoms with Crippen LogP contribution in [-0.2, 0) is 27.8 Å². The molecule has 13 nitrogen and oxygen atoms in total. The number of nitrogens with one attached hydrogen (secondary N) is 1. The summed E-state index contributed by atoms with van der Waals surface area (Å²) in [6.07, 6.45) is 10.1. The summed E-state index contributed by atoms with van der Waals surface area (Å²) < 4.78 is 39.4. The van der Waals surface area contributed by atoms with Gasteiger partial charge >= 0.3 is 5.97 Å². The quantitative estimate of drug-likeness (QED) is 0.309. The molecule has 0 bridgehead atoms. The van der Waals surface area contributed by atoms with E-state index in [9.17, 15) is 18.4 Å². The molecule has 0 atom stereocenters. The van der Waals surface area contributed by atoms with Gasteiger partial charge in [-0.1, -0.05) is 4.68 Å². The molecule has 1 saturated heterocycles. The van der Waals surface area contributed by atoms with Crippen molar-refractivity contribution in [3.05, 3.63) is 70.6 Å². The normalized spacial score (nSPS) is 22.3. The lowest BCUT2D eigenvalue weighted by atomic mass is 9.92. The zero-order valence-corrected chi connectivity index (χ0v) is 28.8. The van der Waals surface area contributed by atoms with Gasteiger partial charge in [0.1, 0.15) is 0 Å². The van der Waals surface area contributed by atoms with Crippen LogP contribution in [0.5, 0.6) is 0 Å². The Balaban J connectivity index is 1.02. The van der Waals surface area contributed by atoms with Crippen molar-refractivity contribution in [3.63, 3.8) is 0 Å². The number of hydrogen-bond acceptors (Lipinski definition) is 8. The number of halogens is 2. The molecule has 1 aliphatic carbocycles. The van der Waals surface area contributed by atoms with Gasteiger partial charge in [-0.15, -0.1) is 0 Å². The predicted octanol–water partition coefficient (Wildman–Crippen LogP) is 2.60. The molecular formula is C36H43F2N9O4+2. The van der Waals surface area contributed by atoms with E-state index in [1.54, 1.807) is 49.3 Å². The van der Waals surface area contributed by atoms with Crippen molar-refractivity contribution in [3.8, 4) is 11.1 Å². The number of aryl methyl sites for hydroxylation is 2. The number of carbonyl (C=O) groups excluding carboxylic acids is 1. The van der Waals surface area contributed by atoms with E-state index in [0.717, 1.165) is 85.8 Å². The van der Waals surface area contributed by atoms with Crippen molar-refractivity contribution in [2.24, 2.45) is 12.1 Å². The van der Waals surface area contributed by atoms with E-state index in [0.29, 0.717) is 37.2 Å². The molecular weight excluding hydrogens is 660 g/mol. The Bertz CT molecular complexity index is 1930. The number of aromatic nitrogens is 2. The molecule has 268 valence electrons. The first-order valence-corrected chi connectivity index (χ1v) is 17.7. The number of carboxylic acids is 1. The lowest BCUT2D eigenvalue weighted by Gasteiger charge is -2.43. The van der Waals surface area contributed by atoms with Gasteiger partial charge in [-0.3, -0.25) is 9.48 Å². The number of ether oxygens (including phenoxy) is 1. The van der Waals surface area contributed by atoms with Crippen LogP contribution in [-0.4, -0.2) is 97.7 Å². The van der Waals surface area contributed by atoms with Gasteiger partial charge in [0.05, 0.1) is 36.9 Å². The number of aliphatic carboxylic acids is 1. The van der Waals surface area contributed by atoms with Gasteiger partial charge in [0, 0.05) is 87.2 Å². The summed E-state index contributed by atoms with van der Waals surface area (Å²) in [5.74, 6) is 0.670. The molecule has 6 aliphatic rings. The molecule has 4 N–H and O–H groups in total. The van der Waals surface area contributed by atoms with Crippen molar-refractivity contribution >= 4 is 29.1 Å². The Hall–Kier alpha value is -4.89. The van der Waals surface area contributed by atoms with Crippen molar-refractivity contribution in [1.29, 1.82) is 0 Å². The molecule has 1 aromatic heterocycles. The summed E-state index contributed by atoms with van der Waals surface area (Å²) in [4.78, 5) is 29.8. The van der Waals surface area contributed by atoms with Crippen LogP contribution in [0.1, 0.15) is 63.0 Å². The molecule has 1 saturated carbocycles. The van der Waals surface area contributed by atoms with E-state index >= 15 is 0 Å². The number of amidine groups is 1. The molecule has 2 fully saturated rings. The third-order valence-electron chi connectivity index (χ3n) is 10.8. The number of carbonyl (C=O) groups is 2. The highest BCUT2D eigenvalue weighted by molar-refractivity contribution is 6.12. The molecule has 51 heavy (non-hydrogen) atoms. The van der Waals surface area contributed by atoms with Gasteiger partial charge in [0.2, 0.25) is 23.1 Å². The number of fused-ring (bicyclic) bond motifs is 1. The number of rotatable bonds is 6. The lowest BCUT2D eigenvalue weighted by Crippen LogP contribution is -2.93. The second-order valence-corrected chi connectivity index (χ2v) is 14.1. The Morgan fingerprint density at radius 2 is 1.90 bits per heavy atom. The zero-order chi connectivity index (χ0) is 35.4. The SMILES string of the molecule is CC(=O)N1CCC2=C(C1)C(N1CCCc3cc(-c4cnn(C)c4)c(C(F)F)cc31)=N[N+]2=C1CCC(OC2CN(C3=CC=C(C(=O)O)[NH2+]N3)C2)CC1. The highest BCUT2D eigenvalue weighted by Gasteiger charge is 2.43. The highest BCUT2D eigenvalue weighted by atomic mass is 19.3. The largest absolute Gasteiger partial charge is 0.474 e. The molecule has 1 amide bonds. The fourth-order valence-corrected chi connectivity index (χ4v) is 8.02. The van der Waals surface area contributed by atoms with Crippen LogP contribution in [0.3, 0.4) is 0 Å². The number of alkyl halides is 2. The van der Waals surface area contributed by atoms with Gasteiger partial charge < -0.3 is 24.5 Å². The Kier molecular flexibility index (Phi) is 8.70. The van der Waals surface area contributed by atoms with E-state index in [1.807, 2.05) is 11.0 Å². The second-order valence-electron chi connectivity index (χ2n) is 14.1. The minimum absolute atomic E-state index is 0.00882. The summed E-state index contributed by atoms with van der Waals surface area (Å²) in [6.45, 7) is 4.78. The average Bonchev–Trinajstić information content (AvgIpc) is 3.72. The summed E-state index contributed by atoms with van der Waals surface area (Å²) in [5.41, 5.74) is 11.0. The number of carboxylic acid groups (broad SMARTS) is 1. The first kappa shape index (κ1) is 33.3. The lowest BCUT2D eigenvalue weighted by molar-refractivity contribution is -0.657. The molecule has 0 radical (unpaired) electrons. The number of benzene rings is 1. The van der Waals surface area contributed by atoms with Crippen molar-refractivity contribution in [2.75, 3.05) is 37.6 Å². The molecule has 0 unspecified atom stereocenters. The van der Waals surface area contributed by atoms with Crippen LogP contribution in [0.4, 0.5) is 14.5 Å². The van der Waals surface area contributed by atoms with Gasteiger partial charge in [0.15, 0.2) is 11.5 Å². The molecule has 1 aromatic carbocycles. The topological polar surface area (TPSA) is 135 Å². The zero-order valence-electron chi connectivity index (χ0n) is 28.8. The summed E-state index contributed by atoms with van der Waals surface area (Å²) >= 11 is 0. The van der Waals surface area contributed by atoms with Gasteiger partial charge in [-0.05, 0) is 55.0 Å². The second kappa shape index (κ2) is 13.3. The fourth-order valence-electron chi connectivity index (χ4n) is 8.02. The molecule has 2 aromatic rings. The third-order valence-corrected chi connectivity index (χ3v) is 10.8. The van der Waals surface area contributed by atoms with E-state index in [4.69, 9.17) is 14.9 Å². The number of quaternary nitrogens is 1. The van der Waals surface area contributed by atoms with Crippen LogP contribution in [0.25, 0.3) is 11.1 Å². The standard InChI is InChI=1S/C36H41F2N9O4/c1-21(48)44-13-11-31-29(20-44)35(46-12-3-4-22-14-27(23-16-39-43(2)17-23)28(34(37)38)15-32(22)46)42-47(31)24-5-7-25(8-6-24)51-26-18-45(19-26)33-10-9-30(36(49)50)40-41-33/h9-10,14-17,25-26,34,40-41H,3-8,11-13,18-20H2,1-2H3/p+2. The van der Waals surface area contributed by atoms with Gasteiger partial charge in [-0.25, -0.2) is 24.4 Å². The van der Waals surface area contributed by atoms with Crippen LogP contribution >= 0.6 is 0 Å². The first-order valence-electron chi connectivity index (χ1n) is 17.7. The van der Waals surface area contributed by atoms with Crippen molar-refractivity contribution in [1.82, 2.24) is 25.0 Å². The number of amides is 1. The smallest absolute Gasteiger partial charge is 0.392 e. The van der Waals surface area contributed by atoms with Gasteiger partial charge in [0.25, 0.3) is 6.43 Å². The molecule has 8 rings (SSSR count). The maximum atomic E-state index is 14.6. The predicted molar refractivity (Wildman–Crippen MR) is 183 cm³/mol. The molecule has 15 heteroatoms. The van der Waals surface area contributed by atoms with Crippen LogP contribution in [0.15, 0.2) is 64.6 Å². The Morgan fingerprint density at radius 1 is 1.10 bits per heavy atom. The Morgan fingerprint density at radius 3 is 2.57 bits per heavy atom. The highest BCUT2D eigenvalue weighted by Crippen LogP contribution is 2.41. The minimum Gasteiger partial charge on any atom is -0.474 e. The maximum absolute atomic E-state index is 14.6. The Labute approximate surface area is 294 Å². The average molecular weight is 704 g/mol. The fraction of sp³-hybridized carbons (Fsp3) is 0.472. The summed E-state index contributed by atoms with van der Waals surface area (Å²) in [5, 5.41) is 18.6. The summed E-state index contributed by atoms with van der Waals surface area (Å²) in [7, 11) is 1.78.